The Labute approximate surface area is 92.6 Å². The zero-order chi connectivity index (χ0) is 12.0. The van der Waals surface area contributed by atoms with Gasteiger partial charge in [-0.05, 0) is 18.2 Å². The van der Waals surface area contributed by atoms with E-state index >= 15 is 0 Å². The second kappa shape index (κ2) is 5.75. The second-order valence-corrected chi connectivity index (χ2v) is 2.93. The smallest absolute Gasteiger partial charge is 0.334 e. The van der Waals surface area contributed by atoms with Crippen molar-refractivity contribution < 1.29 is 23.5 Å². The summed E-state index contributed by atoms with van der Waals surface area (Å²) in [6, 6.07) is 3.35. The number of hydrogen-bond donors (Lipinski definition) is 0. The molecule has 1 heterocycles. The zero-order valence-electron chi connectivity index (χ0n) is 9.06. The van der Waals surface area contributed by atoms with Crippen LogP contribution in [0.3, 0.4) is 0 Å². The fraction of sp³-hybridized carbons (Fsp3) is 0.273. The van der Waals surface area contributed by atoms with Crippen LogP contribution in [0.1, 0.15) is 12.2 Å². The van der Waals surface area contributed by atoms with Crippen LogP contribution in [-0.2, 0) is 19.1 Å². The number of esters is 2. The van der Waals surface area contributed by atoms with Crippen LogP contribution in [0.5, 0.6) is 0 Å². The SMILES string of the molecule is COC(=O)C/C(=C\c1ccco1)C(=O)OC. The molecule has 0 saturated heterocycles. The monoisotopic (exact) mass is 224 g/mol. The first-order chi connectivity index (χ1) is 7.67. The Kier molecular flexibility index (Phi) is 4.32. The molecule has 0 unspecified atom stereocenters. The maximum Gasteiger partial charge on any atom is 0.334 e. The third kappa shape index (κ3) is 3.27. The zero-order valence-corrected chi connectivity index (χ0v) is 9.06. The lowest BCUT2D eigenvalue weighted by Gasteiger charge is -2.03. The van der Waals surface area contributed by atoms with Gasteiger partial charge in [0.25, 0.3) is 0 Å². The quantitative estimate of drug-likeness (QED) is 0.571. The van der Waals surface area contributed by atoms with Crippen LogP contribution in [0.25, 0.3) is 6.08 Å². The van der Waals surface area contributed by atoms with Gasteiger partial charge in [0.05, 0.1) is 32.5 Å². The molecule has 5 heteroatoms. The first-order valence-electron chi connectivity index (χ1n) is 4.56. The number of ether oxygens (including phenoxy) is 2. The van der Waals surface area contributed by atoms with E-state index in [0.717, 1.165) is 0 Å². The molecule has 0 atom stereocenters. The van der Waals surface area contributed by atoms with Crippen LogP contribution in [0.2, 0.25) is 0 Å². The molecule has 0 saturated carbocycles. The summed E-state index contributed by atoms with van der Waals surface area (Å²) in [4.78, 5) is 22.4. The van der Waals surface area contributed by atoms with E-state index in [2.05, 4.69) is 9.47 Å². The van der Waals surface area contributed by atoms with Crippen molar-refractivity contribution in [1.82, 2.24) is 0 Å². The van der Waals surface area contributed by atoms with Crippen molar-refractivity contribution in [2.45, 2.75) is 6.42 Å². The molecule has 0 aromatic carbocycles. The lowest BCUT2D eigenvalue weighted by atomic mass is 10.1. The van der Waals surface area contributed by atoms with E-state index in [-0.39, 0.29) is 12.0 Å². The number of rotatable bonds is 4. The van der Waals surface area contributed by atoms with E-state index in [1.807, 2.05) is 0 Å². The molecule has 0 aliphatic rings. The van der Waals surface area contributed by atoms with E-state index in [4.69, 9.17) is 4.42 Å². The van der Waals surface area contributed by atoms with Gasteiger partial charge in [0, 0.05) is 0 Å². The van der Waals surface area contributed by atoms with Gasteiger partial charge >= 0.3 is 11.9 Å². The first kappa shape index (κ1) is 12.0. The van der Waals surface area contributed by atoms with E-state index in [1.165, 1.54) is 26.6 Å². The molecule has 0 amide bonds. The second-order valence-electron chi connectivity index (χ2n) is 2.93. The summed E-state index contributed by atoms with van der Waals surface area (Å²) >= 11 is 0. The third-order valence-corrected chi connectivity index (χ3v) is 1.87. The lowest BCUT2D eigenvalue weighted by Crippen LogP contribution is -2.10. The van der Waals surface area contributed by atoms with Gasteiger partial charge in [-0.1, -0.05) is 0 Å². The molecule has 0 radical (unpaired) electrons. The Hall–Kier alpha value is -2.04. The lowest BCUT2D eigenvalue weighted by molar-refractivity contribution is -0.143. The number of carbonyl (C=O) groups is 2. The predicted molar refractivity (Wildman–Crippen MR) is 55.3 cm³/mol. The average Bonchev–Trinajstić information content (AvgIpc) is 2.79. The molecule has 0 N–H and O–H groups in total. The molecule has 0 fully saturated rings. The summed E-state index contributed by atoms with van der Waals surface area (Å²) in [5, 5.41) is 0. The van der Waals surface area contributed by atoms with Gasteiger partial charge in [-0.2, -0.15) is 0 Å². The molecule has 5 nitrogen and oxygen atoms in total. The van der Waals surface area contributed by atoms with Gasteiger partial charge in [-0.15, -0.1) is 0 Å². The molecule has 86 valence electrons. The van der Waals surface area contributed by atoms with Gasteiger partial charge in [-0.25, -0.2) is 4.79 Å². The standard InChI is InChI=1S/C11H12O5/c1-14-10(12)7-8(11(13)15-2)6-9-4-3-5-16-9/h3-6H,7H2,1-2H3/b8-6+. The summed E-state index contributed by atoms with van der Waals surface area (Å²) in [6.45, 7) is 0. The van der Waals surface area contributed by atoms with Gasteiger partial charge in [0.15, 0.2) is 0 Å². The Bertz CT molecular complexity index is 389. The van der Waals surface area contributed by atoms with Gasteiger partial charge in [0.2, 0.25) is 0 Å². The van der Waals surface area contributed by atoms with Crippen LogP contribution in [0.4, 0.5) is 0 Å². The molecule has 1 aromatic rings. The average molecular weight is 224 g/mol. The molecular formula is C11H12O5. The van der Waals surface area contributed by atoms with Crippen LogP contribution in [0, 0.1) is 0 Å². The fourth-order valence-electron chi connectivity index (χ4n) is 1.09. The number of furan rings is 1. The topological polar surface area (TPSA) is 65.7 Å². The number of hydrogen-bond acceptors (Lipinski definition) is 5. The fourth-order valence-corrected chi connectivity index (χ4v) is 1.09. The summed E-state index contributed by atoms with van der Waals surface area (Å²) in [6.07, 6.45) is 2.77. The Morgan fingerprint density at radius 1 is 1.38 bits per heavy atom. The molecule has 1 aromatic heterocycles. The van der Waals surface area contributed by atoms with Crippen molar-refractivity contribution in [3.8, 4) is 0 Å². The summed E-state index contributed by atoms with van der Waals surface area (Å²) in [5.74, 6) is -0.616. The highest BCUT2D eigenvalue weighted by molar-refractivity contribution is 5.97. The highest BCUT2D eigenvalue weighted by atomic mass is 16.5. The molecule has 0 aliphatic carbocycles. The normalized spacial score (nSPS) is 11.0. The summed E-state index contributed by atoms with van der Waals surface area (Å²) in [5.41, 5.74) is 0.185. The Balaban J connectivity index is 2.87. The van der Waals surface area contributed by atoms with Gasteiger partial charge < -0.3 is 13.9 Å². The third-order valence-electron chi connectivity index (χ3n) is 1.87. The van der Waals surface area contributed by atoms with Crippen LogP contribution >= 0.6 is 0 Å². The summed E-state index contributed by atoms with van der Waals surface area (Å²) in [7, 11) is 2.50. The molecular weight excluding hydrogens is 212 g/mol. The van der Waals surface area contributed by atoms with Crippen molar-refractivity contribution in [3.63, 3.8) is 0 Å². The van der Waals surface area contributed by atoms with Crippen molar-refractivity contribution in [2.75, 3.05) is 14.2 Å². The minimum absolute atomic E-state index is 0.149. The van der Waals surface area contributed by atoms with Crippen molar-refractivity contribution in [2.24, 2.45) is 0 Å². The van der Waals surface area contributed by atoms with E-state index in [9.17, 15) is 9.59 Å². The summed E-state index contributed by atoms with van der Waals surface area (Å²) < 4.78 is 14.1. The largest absolute Gasteiger partial charge is 0.469 e. The first-order valence-corrected chi connectivity index (χ1v) is 4.56. The van der Waals surface area contributed by atoms with Crippen molar-refractivity contribution in [3.05, 3.63) is 29.7 Å². The predicted octanol–water partition coefficient (Wildman–Crippen LogP) is 1.40. The highest BCUT2D eigenvalue weighted by Crippen LogP contribution is 2.12. The Morgan fingerprint density at radius 3 is 2.62 bits per heavy atom. The van der Waals surface area contributed by atoms with Gasteiger partial charge in [-0.3, -0.25) is 4.79 Å². The minimum atomic E-state index is -0.582. The Morgan fingerprint density at radius 2 is 2.12 bits per heavy atom. The molecule has 0 spiro atoms. The van der Waals surface area contributed by atoms with Crippen molar-refractivity contribution >= 4 is 18.0 Å². The minimum Gasteiger partial charge on any atom is -0.469 e. The maximum atomic E-state index is 11.3. The van der Waals surface area contributed by atoms with E-state index in [1.54, 1.807) is 12.1 Å². The van der Waals surface area contributed by atoms with Crippen LogP contribution < -0.4 is 0 Å². The number of methoxy groups -OCH3 is 2. The van der Waals surface area contributed by atoms with E-state index in [0.29, 0.717) is 5.76 Å². The van der Waals surface area contributed by atoms with Crippen LogP contribution in [0.15, 0.2) is 28.4 Å². The van der Waals surface area contributed by atoms with E-state index < -0.39 is 11.9 Å². The molecule has 0 aliphatic heterocycles. The highest BCUT2D eigenvalue weighted by Gasteiger charge is 2.15. The number of carbonyl (C=O) groups excluding carboxylic acids is 2. The molecule has 16 heavy (non-hydrogen) atoms. The molecule has 1 rings (SSSR count). The maximum absolute atomic E-state index is 11.3. The van der Waals surface area contributed by atoms with Crippen molar-refractivity contribution in [1.29, 1.82) is 0 Å². The van der Waals surface area contributed by atoms with Gasteiger partial charge in [0.1, 0.15) is 5.76 Å². The van der Waals surface area contributed by atoms with Crippen LogP contribution in [-0.4, -0.2) is 26.2 Å². The molecule has 0 bridgehead atoms.